The van der Waals surface area contributed by atoms with Crippen LogP contribution in [0, 0.1) is 0 Å². The summed E-state index contributed by atoms with van der Waals surface area (Å²) in [5, 5.41) is 14.3. The third kappa shape index (κ3) is 1.88. The van der Waals surface area contributed by atoms with Gasteiger partial charge in [0.15, 0.2) is 12.7 Å². The van der Waals surface area contributed by atoms with E-state index >= 15 is 0 Å². The molecule has 0 saturated heterocycles. The third-order valence-corrected chi connectivity index (χ3v) is 2.14. The average molecular weight is 189 g/mol. The Kier molecular flexibility index (Phi) is 2.70. The molecule has 3 heteroatoms. The van der Waals surface area contributed by atoms with E-state index in [2.05, 4.69) is 5.10 Å². The zero-order chi connectivity index (χ0) is 9.80. The van der Waals surface area contributed by atoms with Gasteiger partial charge in [0.2, 0.25) is 0 Å². The molecule has 72 valence electrons. The summed E-state index contributed by atoms with van der Waals surface area (Å²) in [4.78, 5) is 0. The number of aryl methyl sites for hydroxylation is 1. The minimum Gasteiger partial charge on any atom is -0.396 e. The predicted octanol–water partition coefficient (Wildman–Crippen LogP) is 0.905. The fourth-order valence-corrected chi connectivity index (χ4v) is 1.41. The standard InChI is InChI=1S/C11H13N2O/c14-9-3-7-13-8-6-10-4-1-2-5-11(10)12-13/h1-2,4-6,8,14H,3,7,9H2/q+1. The first-order valence-electron chi connectivity index (χ1n) is 4.76. The molecule has 0 aliphatic heterocycles. The van der Waals surface area contributed by atoms with Crippen LogP contribution in [0.4, 0.5) is 0 Å². The molecule has 0 aliphatic rings. The molecule has 0 fully saturated rings. The van der Waals surface area contributed by atoms with Crippen molar-refractivity contribution < 1.29 is 9.79 Å². The number of aromatic nitrogens is 2. The van der Waals surface area contributed by atoms with Crippen molar-refractivity contribution in [1.82, 2.24) is 5.10 Å². The average Bonchev–Trinajstić information content (AvgIpc) is 2.26. The minimum absolute atomic E-state index is 0.210. The molecule has 2 aromatic rings. The van der Waals surface area contributed by atoms with Gasteiger partial charge in [0.1, 0.15) is 5.52 Å². The van der Waals surface area contributed by atoms with E-state index in [9.17, 15) is 0 Å². The van der Waals surface area contributed by atoms with Crippen molar-refractivity contribution in [3.05, 3.63) is 36.5 Å². The molecule has 1 heterocycles. The van der Waals surface area contributed by atoms with Crippen molar-refractivity contribution in [2.45, 2.75) is 13.0 Å². The predicted molar refractivity (Wildman–Crippen MR) is 53.6 cm³/mol. The lowest BCUT2D eigenvalue weighted by molar-refractivity contribution is -0.752. The SMILES string of the molecule is OCCC[n+]1ccc2ccccc2n1. The minimum atomic E-state index is 0.210. The summed E-state index contributed by atoms with van der Waals surface area (Å²) in [6.45, 7) is 0.975. The van der Waals surface area contributed by atoms with Gasteiger partial charge < -0.3 is 5.11 Å². The molecule has 0 saturated carbocycles. The topological polar surface area (TPSA) is 37.0 Å². The Bertz CT molecular complexity index is 428. The number of hydrogen-bond acceptors (Lipinski definition) is 2. The Morgan fingerprint density at radius 2 is 2.07 bits per heavy atom. The number of aliphatic hydroxyl groups is 1. The quantitative estimate of drug-likeness (QED) is 0.728. The molecule has 0 aliphatic carbocycles. The smallest absolute Gasteiger partial charge is 0.196 e. The number of nitrogens with zero attached hydrogens (tertiary/aromatic N) is 2. The van der Waals surface area contributed by atoms with Gasteiger partial charge in [0, 0.05) is 29.6 Å². The van der Waals surface area contributed by atoms with Gasteiger partial charge in [0.25, 0.3) is 0 Å². The van der Waals surface area contributed by atoms with Gasteiger partial charge in [-0.15, -0.1) is 0 Å². The second kappa shape index (κ2) is 4.15. The molecule has 0 bridgehead atoms. The van der Waals surface area contributed by atoms with Crippen LogP contribution in [0.25, 0.3) is 10.9 Å². The van der Waals surface area contributed by atoms with E-state index in [0.717, 1.165) is 23.9 Å². The zero-order valence-electron chi connectivity index (χ0n) is 7.93. The zero-order valence-corrected chi connectivity index (χ0v) is 7.93. The van der Waals surface area contributed by atoms with Gasteiger partial charge in [-0.2, -0.15) is 0 Å². The van der Waals surface area contributed by atoms with E-state index in [0.29, 0.717) is 0 Å². The van der Waals surface area contributed by atoms with Gasteiger partial charge in [-0.1, -0.05) is 22.9 Å². The van der Waals surface area contributed by atoms with Crippen LogP contribution < -0.4 is 4.68 Å². The molecule has 2 rings (SSSR count). The van der Waals surface area contributed by atoms with Crippen molar-refractivity contribution in [2.24, 2.45) is 0 Å². The number of hydrogen-bond donors (Lipinski definition) is 1. The van der Waals surface area contributed by atoms with Crippen molar-refractivity contribution in [2.75, 3.05) is 6.61 Å². The molecule has 1 aromatic heterocycles. The molecule has 0 spiro atoms. The Labute approximate surface area is 82.6 Å². The van der Waals surface area contributed by atoms with Crippen molar-refractivity contribution >= 4 is 10.9 Å². The maximum Gasteiger partial charge on any atom is 0.196 e. The van der Waals surface area contributed by atoms with Gasteiger partial charge >= 0.3 is 0 Å². The highest BCUT2D eigenvalue weighted by atomic mass is 16.3. The molecule has 0 atom stereocenters. The summed E-state index contributed by atoms with van der Waals surface area (Å²) in [6.07, 6.45) is 2.69. The van der Waals surface area contributed by atoms with Crippen LogP contribution in [-0.4, -0.2) is 16.8 Å². The Morgan fingerprint density at radius 1 is 1.21 bits per heavy atom. The Morgan fingerprint density at radius 3 is 2.93 bits per heavy atom. The molecular weight excluding hydrogens is 176 g/mol. The third-order valence-electron chi connectivity index (χ3n) is 2.14. The molecule has 0 unspecified atom stereocenters. The Hall–Kier alpha value is -1.48. The van der Waals surface area contributed by atoms with Crippen molar-refractivity contribution in [3.8, 4) is 0 Å². The van der Waals surface area contributed by atoms with Crippen LogP contribution >= 0.6 is 0 Å². The summed E-state index contributed by atoms with van der Waals surface area (Å²) >= 11 is 0. The van der Waals surface area contributed by atoms with E-state index in [1.165, 1.54) is 0 Å². The molecule has 3 nitrogen and oxygen atoms in total. The Balaban J connectivity index is 2.32. The molecule has 1 N–H and O–H groups in total. The number of benzene rings is 1. The summed E-state index contributed by atoms with van der Waals surface area (Å²) in [6, 6.07) is 10.1. The van der Waals surface area contributed by atoms with Crippen LogP contribution in [0.3, 0.4) is 0 Å². The first-order chi connectivity index (χ1) is 6.90. The van der Waals surface area contributed by atoms with Crippen LogP contribution in [-0.2, 0) is 6.54 Å². The lowest BCUT2D eigenvalue weighted by Gasteiger charge is -1.95. The van der Waals surface area contributed by atoms with Gasteiger partial charge in [-0.05, 0) is 6.07 Å². The number of aliphatic hydroxyl groups excluding tert-OH is 1. The van der Waals surface area contributed by atoms with Crippen molar-refractivity contribution in [1.29, 1.82) is 0 Å². The second-order valence-corrected chi connectivity index (χ2v) is 3.21. The van der Waals surface area contributed by atoms with Gasteiger partial charge in [-0.3, -0.25) is 0 Å². The summed E-state index contributed by atoms with van der Waals surface area (Å²) < 4.78 is 1.86. The van der Waals surface area contributed by atoms with Crippen LogP contribution in [0.15, 0.2) is 36.5 Å². The van der Waals surface area contributed by atoms with Crippen LogP contribution in [0.2, 0.25) is 0 Å². The van der Waals surface area contributed by atoms with Crippen LogP contribution in [0.1, 0.15) is 6.42 Å². The molecule has 0 amide bonds. The summed E-state index contributed by atoms with van der Waals surface area (Å²) in [5.74, 6) is 0. The monoisotopic (exact) mass is 189 g/mol. The largest absolute Gasteiger partial charge is 0.396 e. The maximum atomic E-state index is 8.70. The highest BCUT2D eigenvalue weighted by Crippen LogP contribution is 2.06. The highest BCUT2D eigenvalue weighted by molar-refractivity contribution is 5.76. The summed E-state index contributed by atoms with van der Waals surface area (Å²) in [5.41, 5.74) is 0.993. The maximum absolute atomic E-state index is 8.70. The van der Waals surface area contributed by atoms with Gasteiger partial charge in [0.05, 0.1) is 0 Å². The van der Waals surface area contributed by atoms with E-state index < -0.39 is 0 Å². The number of fused-ring (bicyclic) bond motifs is 1. The fourth-order valence-electron chi connectivity index (χ4n) is 1.41. The van der Waals surface area contributed by atoms with Crippen LogP contribution in [0.5, 0.6) is 0 Å². The first-order valence-corrected chi connectivity index (χ1v) is 4.76. The van der Waals surface area contributed by atoms with E-state index in [-0.39, 0.29) is 6.61 Å². The lowest BCUT2D eigenvalue weighted by Crippen LogP contribution is -2.37. The molecule has 1 aromatic carbocycles. The number of rotatable bonds is 3. The highest BCUT2D eigenvalue weighted by Gasteiger charge is 2.03. The molecule has 14 heavy (non-hydrogen) atoms. The molecule has 0 radical (unpaired) electrons. The second-order valence-electron chi connectivity index (χ2n) is 3.21. The first kappa shape index (κ1) is 9.09. The van der Waals surface area contributed by atoms with E-state index in [1.807, 2.05) is 41.2 Å². The van der Waals surface area contributed by atoms with Gasteiger partial charge in [-0.25, -0.2) is 0 Å². The molecular formula is C11H13N2O+. The summed E-state index contributed by atoms with van der Waals surface area (Å²) in [7, 11) is 0. The van der Waals surface area contributed by atoms with E-state index in [1.54, 1.807) is 0 Å². The normalized spacial score (nSPS) is 10.6. The van der Waals surface area contributed by atoms with Crippen molar-refractivity contribution in [3.63, 3.8) is 0 Å². The lowest BCUT2D eigenvalue weighted by atomic mass is 10.2. The van der Waals surface area contributed by atoms with E-state index in [4.69, 9.17) is 5.11 Å². The fraction of sp³-hybridized carbons (Fsp3) is 0.273.